The molecule has 0 spiro atoms. The summed E-state index contributed by atoms with van der Waals surface area (Å²) in [5.41, 5.74) is 0. The smallest absolute Gasteiger partial charge is 0.218 e. The van der Waals surface area contributed by atoms with E-state index in [0.29, 0.717) is 35.5 Å². The normalized spacial score (nSPS) is 36.3. The fraction of sp³-hybridized carbons (Fsp3) is 0.929. The van der Waals surface area contributed by atoms with Gasteiger partial charge in [0.05, 0.1) is 37.7 Å². The predicted molar refractivity (Wildman–Crippen MR) is 316 cm³/mol. The molecule has 6 rings (SSSR count). The molecule has 6 heterocycles. The number of aliphatic carboxylic acids is 3. The van der Waals surface area contributed by atoms with Gasteiger partial charge in [-0.05, 0) is 0 Å². The van der Waals surface area contributed by atoms with Crippen LogP contribution in [0.25, 0.3) is 0 Å². The van der Waals surface area contributed by atoms with Gasteiger partial charge in [0, 0.05) is 42.7 Å². The number of carbonyl (C=O) groups excluding carboxylic acids is 3. The van der Waals surface area contributed by atoms with Gasteiger partial charge in [-0.2, -0.15) is 0 Å². The van der Waals surface area contributed by atoms with Crippen molar-refractivity contribution in [3.05, 3.63) is 0 Å². The van der Waals surface area contributed by atoms with Gasteiger partial charge in [-0.25, -0.2) is 84.2 Å². The number of hydrogen-bond donors (Lipinski definition) is 0. The zero-order chi connectivity index (χ0) is 91.1. The molecular formula is C42H54O67S11-14. The van der Waals surface area contributed by atoms with Crippen molar-refractivity contribution in [2.24, 2.45) is 0 Å². The van der Waals surface area contributed by atoms with Crippen LogP contribution in [0.2, 0.25) is 0 Å². The zero-order valence-electron chi connectivity index (χ0n) is 58.8. The number of carbonyl (C=O) groups is 3. The first-order valence-corrected chi connectivity index (χ1v) is 44.4. The average molecular weight is 1980 g/mol. The third-order valence-corrected chi connectivity index (χ3v) is 20.8. The highest BCUT2D eigenvalue weighted by Crippen LogP contribution is 2.43. The first kappa shape index (κ1) is 105. The molecular weight excluding hydrogens is 1930 g/mol. The van der Waals surface area contributed by atoms with Crippen LogP contribution in [0.4, 0.5) is 0 Å². The summed E-state index contributed by atoms with van der Waals surface area (Å²) in [4.78, 5) is 39.3. The summed E-state index contributed by atoms with van der Waals surface area (Å²) in [5.74, 6) is -8.25. The highest BCUT2D eigenvalue weighted by atomic mass is 32.3. The monoisotopic (exact) mass is 1980 g/mol. The quantitative estimate of drug-likeness (QED) is 0.0136. The lowest BCUT2D eigenvalue weighted by atomic mass is 9.94. The Labute approximate surface area is 678 Å². The van der Waals surface area contributed by atoms with Crippen LogP contribution >= 0.6 is 12.3 Å². The average Bonchev–Trinajstić information content (AvgIpc) is 0.746. The molecule has 0 aromatic heterocycles. The van der Waals surface area contributed by atoms with Gasteiger partial charge in [-0.1, -0.05) is 0 Å². The van der Waals surface area contributed by atoms with Gasteiger partial charge in [0.25, 0.3) is 0 Å². The van der Waals surface area contributed by atoms with Crippen LogP contribution in [0, 0.1) is 0 Å². The van der Waals surface area contributed by atoms with Crippen LogP contribution < -0.4 is 20.6 Å². The third kappa shape index (κ3) is 31.0. The summed E-state index contributed by atoms with van der Waals surface area (Å²) in [6.45, 7) is -6.02. The minimum absolute atomic E-state index is 0.264. The van der Waals surface area contributed by atoms with Crippen molar-refractivity contribution in [2.75, 3.05) is 62.5 Å². The maximum absolute atomic E-state index is 13.5. The number of carboxylic acid groups (broad SMARTS) is 3. The van der Waals surface area contributed by atoms with Gasteiger partial charge in [0.15, 0.2) is 86.7 Å². The van der Waals surface area contributed by atoms with E-state index in [1.165, 1.54) is 0 Å². The van der Waals surface area contributed by atoms with Gasteiger partial charge in [0.1, 0.15) is 110 Å². The summed E-state index contributed by atoms with van der Waals surface area (Å²) in [7, 11) is -61.6. The summed E-state index contributed by atoms with van der Waals surface area (Å²) in [6, 6.07) is 0. The fourth-order valence-electron chi connectivity index (χ4n) is 12.0. The Morgan fingerprint density at radius 3 is 0.717 bits per heavy atom. The molecule has 13 unspecified atom stereocenters. The number of ether oxygens (including phenoxy) is 17. The van der Waals surface area contributed by atoms with Crippen LogP contribution in [-0.4, -0.2) is 394 Å². The van der Waals surface area contributed by atoms with Crippen LogP contribution in [-0.2, 0) is 254 Å². The fourth-order valence-corrected chi connectivity index (χ4v) is 16.6. The summed E-state index contributed by atoms with van der Waals surface area (Å²) in [5, 5.41) is 52.8. The minimum Gasteiger partial charge on any atom is -0.726 e. The van der Waals surface area contributed by atoms with E-state index in [4.69, 9.17) is 84.7 Å². The maximum Gasteiger partial charge on any atom is 0.218 e. The first-order valence-electron chi connectivity index (χ1n) is 30.4. The molecule has 6 aliphatic heterocycles. The van der Waals surface area contributed by atoms with Crippen molar-refractivity contribution in [1.29, 1.82) is 0 Å². The van der Waals surface area contributed by atoms with E-state index < -0.39 is 338 Å². The van der Waals surface area contributed by atoms with Crippen molar-refractivity contribution in [3.8, 4) is 0 Å². The Kier molecular flexibility index (Phi) is 37.1. The lowest BCUT2D eigenvalue weighted by Crippen LogP contribution is -2.71. The highest BCUT2D eigenvalue weighted by molar-refractivity contribution is 7.89. The molecule has 0 saturated carbocycles. The van der Waals surface area contributed by atoms with Crippen molar-refractivity contribution in [3.63, 3.8) is 0 Å². The van der Waals surface area contributed by atoms with Gasteiger partial charge in [0.2, 0.25) is 104 Å². The Balaban J connectivity index is 1.52. The molecule has 0 bridgehead atoms. The number of hydrogen-bond acceptors (Lipinski definition) is 68. The molecule has 67 nitrogen and oxygen atoms in total. The van der Waals surface area contributed by atoms with Gasteiger partial charge < -0.3 is 161 Å². The second-order valence-corrected chi connectivity index (χ2v) is 33.9. The van der Waals surface area contributed by atoms with Crippen molar-refractivity contribution < 1.29 is 301 Å². The number of methoxy groups -OCH3 is 6. The molecule has 0 aromatic carbocycles. The van der Waals surface area contributed by atoms with Crippen LogP contribution in [0.15, 0.2) is 0 Å². The molecule has 6 aliphatic rings. The Morgan fingerprint density at radius 2 is 0.475 bits per heavy atom. The zero-order valence-corrected chi connectivity index (χ0v) is 67.8. The second kappa shape index (κ2) is 42.2. The molecule has 0 N–H and O–H groups in total. The van der Waals surface area contributed by atoms with Crippen LogP contribution in [0.1, 0.15) is 0 Å². The molecule has 0 aromatic rings. The molecule has 78 heteroatoms. The molecule has 0 aliphatic carbocycles. The molecule has 6 fully saturated rings. The number of rotatable bonds is 46. The van der Waals surface area contributed by atoms with E-state index in [1.807, 2.05) is 0 Å². The topological polar surface area (TPSA) is 992 Å². The number of carboxylic acids is 3. The molecule has 30 atom stereocenters. The van der Waals surface area contributed by atoms with Gasteiger partial charge in [-0.3, -0.25) is 51.1 Å². The minimum atomic E-state index is -6.95. The van der Waals surface area contributed by atoms with E-state index in [2.05, 4.69) is 51.2 Å². The molecule has 0 amide bonds. The van der Waals surface area contributed by atoms with Crippen molar-refractivity contribution >= 4 is 134 Å². The van der Waals surface area contributed by atoms with Gasteiger partial charge in [-0.15, -0.1) is 4.33 Å². The van der Waals surface area contributed by atoms with Crippen LogP contribution in [0.3, 0.4) is 0 Å². The first-order chi connectivity index (χ1) is 54.9. The standard InChI is InChI=1S/C42H68O67S11/c1-80-16-13(10(7-86-111(50,51)52)89-37(85-6)28(16)102-115(62,63)64)92-40-30(104-117(68,69)70)19(83-4)22(26(97-40)35(45)46)96-39-33(107-120(77,78)79)24(101-114(59,60)61)15(12(91-39)9-88-113(56,57)58)94-41-31(105-118(71,72)73)18(82-3)21(25(98-41)34(43)44)95-38-29(103-116(65,66)67)17(81-2)14(11(90-38)8-87-112(53,54)55)93-42-32(106-119(74,75)76)20(84-5)23(100-110-109-108-49)27(99-42)36(47)48/h10-33,37-42,49H,7-9H2,1-6H3,(H,43,44)(H,45,46)(H,47,48)(H,50,51,52)(H,53,54,55)(H,56,57,58)(H,59,60,61)(H,62,63,64)(H,65,66,67)(H,68,69,70)(H,71,72,73)(H,74,75,76)(H,77,78,79)/p-14/t10-,11-,12?,13+,14+,15+,16?,17?,18?,19+,20+,21-,22-,23-,24-,25+,26?,27?,28?,29?,30?,31?,32?,33?,37-,38+,39-,40+,41?,42+/m0/s1. The Hall–Kier alpha value is -3.38. The van der Waals surface area contributed by atoms with Crippen LogP contribution in [0.5, 0.6) is 0 Å². The third-order valence-electron chi connectivity index (χ3n) is 15.9. The SMILES string of the molecule is COC1C(OS(=O)(=O)[O-])[C@@H](O[C@H]2C(OC)C(OS(=O)(=O)[O-])C(O[C@@H]3C(COS(=O)(=O)[O-])O[C@@H](O[C@@H]4C(C(=O)[O-])O[C@@H](O[C@H]5C(OC)C(OS(=O)(=O)[O-])[C@@H](OC)O[C@H]5COS(=O)(=O)[O-])C(OS(=O)(=O)[O-])[C@@H]4OC)C(OS(=O)(=O)[O-])[C@H]3OS(=O)(=O)[O-])O[C@H]2C(=O)[O-])O[C@@H](COS(=O)(=O)[O-])[C@H]1O[C@@H]1OC(C(=O)[O-])[C@@H](OSOO[O-])[C@@H](OC)C1OS(=O)(=O)[O-]. The summed E-state index contributed by atoms with van der Waals surface area (Å²) < 4.78 is 514. The summed E-state index contributed by atoms with van der Waals surface area (Å²) >= 11 is -0.559. The lowest BCUT2D eigenvalue weighted by molar-refractivity contribution is -0.777. The molecule has 0 radical (unpaired) electrons. The van der Waals surface area contributed by atoms with E-state index in [1.54, 1.807) is 0 Å². The summed E-state index contributed by atoms with van der Waals surface area (Å²) in [6.07, 6.45) is -92.7. The lowest BCUT2D eigenvalue weighted by Gasteiger charge is -2.52. The van der Waals surface area contributed by atoms with Crippen molar-refractivity contribution in [1.82, 2.24) is 0 Å². The Bertz CT molecular complexity index is 4670. The van der Waals surface area contributed by atoms with E-state index >= 15 is 0 Å². The predicted octanol–water partition coefficient (Wildman–Crippen LogP) is -19.2. The second-order valence-electron chi connectivity index (χ2n) is 23.2. The maximum atomic E-state index is 13.5. The Morgan fingerprint density at radius 1 is 0.267 bits per heavy atom. The molecule has 120 heavy (non-hydrogen) atoms. The molecule has 6 saturated heterocycles. The molecule has 704 valence electrons. The van der Waals surface area contributed by atoms with Gasteiger partial charge >= 0.3 is 0 Å². The van der Waals surface area contributed by atoms with E-state index in [9.17, 15) is 165 Å². The van der Waals surface area contributed by atoms with E-state index in [-0.39, 0.29) is 7.11 Å². The largest absolute Gasteiger partial charge is 0.726 e. The van der Waals surface area contributed by atoms with Crippen molar-refractivity contribution in [2.45, 2.75) is 184 Å². The van der Waals surface area contributed by atoms with E-state index in [0.717, 1.165) is 0 Å². The highest BCUT2D eigenvalue weighted by Gasteiger charge is 2.63.